The molecule has 0 aliphatic carbocycles. The first kappa shape index (κ1) is 22.6. The van der Waals surface area contributed by atoms with Gasteiger partial charge in [-0.1, -0.05) is 6.07 Å². The van der Waals surface area contributed by atoms with Crippen molar-refractivity contribution in [2.45, 2.75) is 26.3 Å². The van der Waals surface area contributed by atoms with Gasteiger partial charge in [-0.2, -0.15) is 11.3 Å². The Hall–Kier alpha value is -1.48. The van der Waals surface area contributed by atoms with Gasteiger partial charge in [-0.05, 0) is 59.9 Å². The second-order valence-electron chi connectivity index (χ2n) is 5.55. The molecular formula is C19H28IN3O2S. The van der Waals surface area contributed by atoms with Crippen LogP contribution in [0.25, 0.3) is 0 Å². The van der Waals surface area contributed by atoms with Crippen LogP contribution in [0, 0.1) is 0 Å². The molecule has 7 heteroatoms. The summed E-state index contributed by atoms with van der Waals surface area (Å²) in [6.07, 6.45) is 1.98. The number of nitrogens with zero attached hydrogens (tertiary/aromatic N) is 1. The normalized spacial score (nSPS) is 10.8. The van der Waals surface area contributed by atoms with Crippen LogP contribution >= 0.6 is 35.3 Å². The molecule has 1 heterocycles. The Balaban J connectivity index is 0.00000338. The lowest BCUT2D eigenvalue weighted by Crippen LogP contribution is -2.37. The van der Waals surface area contributed by atoms with Gasteiger partial charge in [0.25, 0.3) is 0 Å². The van der Waals surface area contributed by atoms with E-state index in [1.807, 2.05) is 12.1 Å². The van der Waals surface area contributed by atoms with Crippen LogP contribution < -0.4 is 20.1 Å². The molecule has 0 spiro atoms. The van der Waals surface area contributed by atoms with Crippen LogP contribution in [0.3, 0.4) is 0 Å². The van der Waals surface area contributed by atoms with Gasteiger partial charge in [0.2, 0.25) is 0 Å². The molecule has 0 saturated heterocycles. The van der Waals surface area contributed by atoms with Gasteiger partial charge < -0.3 is 20.1 Å². The van der Waals surface area contributed by atoms with Crippen LogP contribution in [0.4, 0.5) is 0 Å². The number of hydrogen-bond donors (Lipinski definition) is 2. The summed E-state index contributed by atoms with van der Waals surface area (Å²) in [5.74, 6) is 2.40. The van der Waals surface area contributed by atoms with Crippen molar-refractivity contribution in [2.75, 3.05) is 27.3 Å². The Labute approximate surface area is 177 Å². The lowest BCUT2D eigenvalue weighted by molar-refractivity contribution is 0.354. The lowest BCUT2D eigenvalue weighted by atomic mass is 10.1. The van der Waals surface area contributed by atoms with Crippen LogP contribution in [0.2, 0.25) is 0 Å². The maximum Gasteiger partial charge on any atom is 0.191 e. The Morgan fingerprint density at radius 1 is 1.08 bits per heavy atom. The number of thiophene rings is 1. The number of halogens is 1. The zero-order chi connectivity index (χ0) is 17.9. The largest absolute Gasteiger partial charge is 0.493 e. The molecule has 0 unspecified atom stereocenters. The van der Waals surface area contributed by atoms with Gasteiger partial charge >= 0.3 is 0 Å². The van der Waals surface area contributed by atoms with E-state index in [1.54, 1.807) is 25.6 Å². The SMILES string of the molecule is CCNC(=NCc1ccsc1)NCCCc1ccc(OC)c(OC)c1.I. The second-order valence-corrected chi connectivity index (χ2v) is 6.33. The predicted molar refractivity (Wildman–Crippen MR) is 120 cm³/mol. The van der Waals surface area contributed by atoms with E-state index >= 15 is 0 Å². The zero-order valence-electron chi connectivity index (χ0n) is 15.6. The van der Waals surface area contributed by atoms with Gasteiger partial charge in [-0.25, -0.2) is 4.99 Å². The molecule has 144 valence electrons. The van der Waals surface area contributed by atoms with E-state index in [9.17, 15) is 0 Å². The minimum atomic E-state index is 0. The Bertz CT molecular complexity index is 663. The summed E-state index contributed by atoms with van der Waals surface area (Å²) in [5, 5.41) is 10.9. The number of guanidine groups is 1. The quantitative estimate of drug-likeness (QED) is 0.241. The van der Waals surface area contributed by atoms with Crippen LogP contribution in [-0.4, -0.2) is 33.3 Å². The summed E-state index contributed by atoms with van der Waals surface area (Å²) in [5.41, 5.74) is 2.48. The number of benzene rings is 1. The van der Waals surface area contributed by atoms with Gasteiger partial charge in [0.1, 0.15) is 0 Å². The molecule has 26 heavy (non-hydrogen) atoms. The van der Waals surface area contributed by atoms with Crippen molar-refractivity contribution in [3.8, 4) is 11.5 Å². The molecular weight excluding hydrogens is 461 g/mol. The molecule has 0 fully saturated rings. The van der Waals surface area contributed by atoms with Crippen LogP contribution in [0.15, 0.2) is 40.0 Å². The van der Waals surface area contributed by atoms with Gasteiger partial charge in [-0.3, -0.25) is 0 Å². The third kappa shape index (κ3) is 7.41. The molecule has 0 aliphatic rings. The first-order valence-corrected chi connectivity index (χ1v) is 9.45. The van der Waals surface area contributed by atoms with E-state index in [-0.39, 0.29) is 24.0 Å². The standard InChI is InChI=1S/C19H27N3O2S.HI/c1-4-20-19(22-13-16-9-11-25-14-16)21-10-5-6-15-7-8-17(23-2)18(12-15)24-3;/h7-9,11-12,14H,4-6,10,13H2,1-3H3,(H2,20,21,22);1H. The average Bonchev–Trinajstić information content (AvgIpc) is 3.16. The molecule has 2 aromatic rings. The number of hydrogen-bond acceptors (Lipinski definition) is 4. The fourth-order valence-corrected chi connectivity index (χ4v) is 3.09. The fourth-order valence-electron chi connectivity index (χ4n) is 2.43. The number of nitrogens with one attached hydrogen (secondary N) is 2. The summed E-state index contributed by atoms with van der Waals surface area (Å²) < 4.78 is 10.6. The third-order valence-corrected chi connectivity index (χ3v) is 4.46. The van der Waals surface area contributed by atoms with Crippen molar-refractivity contribution < 1.29 is 9.47 Å². The van der Waals surface area contributed by atoms with Gasteiger partial charge in [0.05, 0.1) is 20.8 Å². The zero-order valence-corrected chi connectivity index (χ0v) is 18.7. The van der Waals surface area contributed by atoms with E-state index in [0.29, 0.717) is 6.54 Å². The minimum absolute atomic E-state index is 0. The maximum absolute atomic E-state index is 5.35. The third-order valence-electron chi connectivity index (χ3n) is 3.73. The number of ether oxygens (including phenoxy) is 2. The first-order valence-electron chi connectivity index (χ1n) is 8.51. The van der Waals surface area contributed by atoms with Crippen molar-refractivity contribution in [1.29, 1.82) is 0 Å². The van der Waals surface area contributed by atoms with Crippen molar-refractivity contribution >= 4 is 41.3 Å². The summed E-state index contributed by atoms with van der Waals surface area (Å²) in [6.45, 7) is 4.49. The van der Waals surface area contributed by atoms with Crippen LogP contribution in [0.5, 0.6) is 11.5 Å². The number of aryl methyl sites for hydroxylation is 1. The highest BCUT2D eigenvalue weighted by Gasteiger charge is 2.04. The highest BCUT2D eigenvalue weighted by molar-refractivity contribution is 14.0. The van der Waals surface area contributed by atoms with Gasteiger partial charge in [0, 0.05) is 13.1 Å². The number of methoxy groups -OCH3 is 2. The fraction of sp³-hybridized carbons (Fsp3) is 0.421. The molecule has 0 atom stereocenters. The topological polar surface area (TPSA) is 54.9 Å². The van der Waals surface area contributed by atoms with E-state index in [2.05, 4.69) is 45.4 Å². The van der Waals surface area contributed by atoms with E-state index in [0.717, 1.165) is 43.4 Å². The molecule has 0 radical (unpaired) electrons. The van der Waals surface area contributed by atoms with E-state index < -0.39 is 0 Å². The molecule has 0 bridgehead atoms. The first-order chi connectivity index (χ1) is 12.3. The molecule has 0 amide bonds. The smallest absolute Gasteiger partial charge is 0.191 e. The van der Waals surface area contributed by atoms with Crippen LogP contribution in [0.1, 0.15) is 24.5 Å². The van der Waals surface area contributed by atoms with Crippen molar-refractivity contribution in [3.63, 3.8) is 0 Å². The molecule has 1 aromatic heterocycles. The summed E-state index contributed by atoms with van der Waals surface area (Å²) in [7, 11) is 3.31. The van der Waals surface area contributed by atoms with Crippen molar-refractivity contribution in [2.24, 2.45) is 4.99 Å². The van der Waals surface area contributed by atoms with Gasteiger partial charge in [-0.15, -0.1) is 24.0 Å². The summed E-state index contributed by atoms with van der Waals surface area (Å²) in [6, 6.07) is 8.18. The average molecular weight is 489 g/mol. The molecule has 2 rings (SSSR count). The Morgan fingerprint density at radius 3 is 2.54 bits per heavy atom. The monoisotopic (exact) mass is 489 g/mol. The van der Waals surface area contributed by atoms with E-state index in [1.165, 1.54) is 11.1 Å². The summed E-state index contributed by atoms with van der Waals surface area (Å²) in [4.78, 5) is 4.62. The molecule has 2 N–H and O–H groups in total. The Kier molecular flexibility index (Phi) is 11.1. The molecule has 0 saturated carbocycles. The summed E-state index contributed by atoms with van der Waals surface area (Å²) >= 11 is 1.70. The lowest BCUT2D eigenvalue weighted by Gasteiger charge is -2.12. The minimum Gasteiger partial charge on any atom is -0.493 e. The van der Waals surface area contributed by atoms with Crippen LogP contribution in [-0.2, 0) is 13.0 Å². The maximum atomic E-state index is 5.35. The molecule has 1 aromatic carbocycles. The van der Waals surface area contributed by atoms with Crippen molar-refractivity contribution in [3.05, 3.63) is 46.2 Å². The Morgan fingerprint density at radius 2 is 1.88 bits per heavy atom. The number of rotatable bonds is 9. The molecule has 0 aliphatic heterocycles. The van der Waals surface area contributed by atoms with Gasteiger partial charge in [0.15, 0.2) is 17.5 Å². The molecule has 5 nitrogen and oxygen atoms in total. The predicted octanol–water partition coefficient (Wildman–Crippen LogP) is 4.07. The highest BCUT2D eigenvalue weighted by atomic mass is 127. The number of aliphatic imine (C=N–C) groups is 1. The van der Waals surface area contributed by atoms with Crippen molar-refractivity contribution in [1.82, 2.24) is 10.6 Å². The van der Waals surface area contributed by atoms with E-state index in [4.69, 9.17) is 9.47 Å². The second kappa shape index (κ2) is 12.8. The highest BCUT2D eigenvalue weighted by Crippen LogP contribution is 2.27.